The molecule has 0 N–H and O–H groups in total. The average molecular weight is 1020 g/mol. The summed E-state index contributed by atoms with van der Waals surface area (Å²) in [6, 6.07) is 0. The Morgan fingerprint density at radius 2 is 0.427 bits per heavy atom. The van der Waals surface area contributed by atoms with Crippen LogP contribution in [-0.4, -0.2) is 37.2 Å². The van der Waals surface area contributed by atoms with Crippen molar-refractivity contribution in [3.63, 3.8) is 0 Å². The van der Waals surface area contributed by atoms with Crippen LogP contribution in [0.2, 0.25) is 0 Å². The van der Waals surface area contributed by atoms with Gasteiger partial charge in [-0.25, -0.2) is 0 Å². The standard InChI is InChI=1S/C69H98O6/c1-4-7-10-13-16-19-22-25-28-31-34-37-40-43-46-49-52-55-58-61-67(70)73-64-66(75-69(72)63-60-57-54-51-48-45-42-39-36-33-30-27-24-21-18-15-12-9-6-3)65-74-68(71)62-59-56-53-50-47-44-41-38-35-32-29-26-23-20-17-14-11-8-5-2/h7-12,16-21,25-30,34-39,43-48,52-57,66H,4-6,13-15,22-24,31-33,40-42,49-51,58-65H2,1-3H3/b10-7+,11-8+,12-9-,19-16-,20-17+,21-18+,28-25+,29-26+,30-27+,37-34+,38-35+,39-36+,46-43+,47-44+,48-45+,55-52+,56-53-,57-54+. The van der Waals surface area contributed by atoms with E-state index in [1.54, 1.807) is 0 Å². The molecule has 0 aromatic rings. The van der Waals surface area contributed by atoms with Crippen LogP contribution in [0.4, 0.5) is 0 Å². The monoisotopic (exact) mass is 1020 g/mol. The Bertz CT molecular complexity index is 1850. The highest BCUT2D eigenvalue weighted by molar-refractivity contribution is 5.71. The van der Waals surface area contributed by atoms with E-state index in [1.165, 1.54) is 0 Å². The van der Waals surface area contributed by atoms with Crippen molar-refractivity contribution in [3.05, 3.63) is 219 Å². The molecule has 0 aliphatic rings. The molecule has 0 aliphatic heterocycles. The minimum atomic E-state index is -0.896. The van der Waals surface area contributed by atoms with Gasteiger partial charge in [-0.05, 0) is 135 Å². The molecule has 0 amide bonds. The molecular weight excluding hydrogens is 925 g/mol. The normalized spacial score (nSPS) is 13.8. The third-order valence-corrected chi connectivity index (χ3v) is 10.5. The average Bonchev–Trinajstić information content (AvgIpc) is 3.41. The summed E-state index contributed by atoms with van der Waals surface area (Å²) < 4.78 is 16.6. The molecule has 0 spiro atoms. The van der Waals surface area contributed by atoms with Crippen molar-refractivity contribution in [2.24, 2.45) is 0 Å². The Morgan fingerprint density at radius 1 is 0.253 bits per heavy atom. The highest BCUT2D eigenvalue weighted by Gasteiger charge is 2.19. The van der Waals surface area contributed by atoms with Gasteiger partial charge in [0.1, 0.15) is 13.2 Å². The van der Waals surface area contributed by atoms with E-state index >= 15 is 0 Å². The Balaban J connectivity index is 4.79. The summed E-state index contributed by atoms with van der Waals surface area (Å²) in [5.74, 6) is -1.25. The summed E-state index contributed by atoms with van der Waals surface area (Å²) in [4.78, 5) is 38.1. The van der Waals surface area contributed by atoms with Crippen molar-refractivity contribution in [2.75, 3.05) is 13.2 Å². The number of rotatable bonds is 47. The van der Waals surface area contributed by atoms with Gasteiger partial charge in [-0.3, -0.25) is 14.4 Å². The largest absolute Gasteiger partial charge is 0.462 e. The first kappa shape index (κ1) is 68.7. The number of hydrogen-bond acceptors (Lipinski definition) is 6. The Hall–Kier alpha value is -6.27. The third kappa shape index (κ3) is 58.5. The summed E-state index contributed by atoms with van der Waals surface area (Å²) in [6.07, 6.45) is 95.3. The summed E-state index contributed by atoms with van der Waals surface area (Å²) in [5, 5.41) is 0. The molecule has 0 saturated carbocycles. The molecule has 0 heterocycles. The molecular formula is C69H98O6. The third-order valence-electron chi connectivity index (χ3n) is 10.5. The van der Waals surface area contributed by atoms with E-state index in [2.05, 4.69) is 203 Å². The zero-order valence-electron chi connectivity index (χ0n) is 46.7. The van der Waals surface area contributed by atoms with E-state index in [9.17, 15) is 14.4 Å². The lowest BCUT2D eigenvalue weighted by molar-refractivity contribution is -0.166. The van der Waals surface area contributed by atoms with Crippen molar-refractivity contribution < 1.29 is 28.6 Å². The highest BCUT2D eigenvalue weighted by Crippen LogP contribution is 2.07. The number of carbonyl (C=O) groups is 3. The molecule has 0 fully saturated rings. The second kappa shape index (κ2) is 60.3. The fourth-order valence-corrected chi connectivity index (χ4v) is 6.40. The number of ether oxygens (including phenoxy) is 3. The maximum atomic E-state index is 12.8. The molecule has 75 heavy (non-hydrogen) atoms. The zero-order valence-corrected chi connectivity index (χ0v) is 46.7. The first-order valence-corrected chi connectivity index (χ1v) is 28.2. The molecule has 6 heteroatoms. The van der Waals surface area contributed by atoms with Crippen molar-refractivity contribution in [1.82, 2.24) is 0 Å². The smallest absolute Gasteiger partial charge is 0.306 e. The fraction of sp³-hybridized carbons (Fsp3) is 0.435. The maximum Gasteiger partial charge on any atom is 0.306 e. The Labute approximate surface area is 457 Å². The maximum absolute atomic E-state index is 12.8. The lowest BCUT2D eigenvalue weighted by atomic mass is 10.2. The van der Waals surface area contributed by atoms with Gasteiger partial charge in [-0.1, -0.05) is 240 Å². The quantitative estimate of drug-likeness (QED) is 0.0343. The van der Waals surface area contributed by atoms with Crippen LogP contribution >= 0.6 is 0 Å². The first-order chi connectivity index (χ1) is 37.0. The van der Waals surface area contributed by atoms with Crippen molar-refractivity contribution in [1.29, 1.82) is 0 Å². The number of hydrogen-bond donors (Lipinski definition) is 0. The van der Waals surface area contributed by atoms with Gasteiger partial charge in [0.2, 0.25) is 0 Å². The first-order valence-electron chi connectivity index (χ1n) is 28.2. The molecule has 410 valence electrons. The molecule has 6 nitrogen and oxygen atoms in total. The van der Waals surface area contributed by atoms with Crippen LogP contribution in [0.15, 0.2) is 219 Å². The molecule has 0 aliphatic carbocycles. The Kier molecular flexibility index (Phi) is 55.2. The molecule has 0 radical (unpaired) electrons. The molecule has 1 atom stereocenters. The van der Waals surface area contributed by atoms with Crippen LogP contribution in [-0.2, 0) is 28.6 Å². The number of allylic oxidation sites excluding steroid dienone is 36. The SMILES string of the molecule is CC/C=C\C/C=C/C/C=C/C/C=C/C/C=C/C/C=C/CCC(=O)OC(COC(=O)CC/C=C\C/C=C/C/C=C/C/C=C/C/C=C/C/C=C/CC)COC(=O)CC/C=C/C/C=C/C/C=C/C/C=C/C/C=C\C/C=C/CC. The second-order valence-corrected chi connectivity index (χ2v) is 17.3. The van der Waals surface area contributed by atoms with Gasteiger partial charge in [-0.2, -0.15) is 0 Å². The topological polar surface area (TPSA) is 78.9 Å². The zero-order chi connectivity index (χ0) is 54.3. The van der Waals surface area contributed by atoms with E-state index < -0.39 is 24.0 Å². The van der Waals surface area contributed by atoms with Crippen LogP contribution in [0.3, 0.4) is 0 Å². The minimum absolute atomic E-state index is 0.159. The van der Waals surface area contributed by atoms with Gasteiger partial charge in [0.15, 0.2) is 6.10 Å². The predicted molar refractivity (Wildman–Crippen MR) is 324 cm³/mol. The van der Waals surface area contributed by atoms with E-state index in [0.29, 0.717) is 19.3 Å². The van der Waals surface area contributed by atoms with E-state index in [4.69, 9.17) is 14.2 Å². The van der Waals surface area contributed by atoms with Crippen molar-refractivity contribution in [2.45, 2.75) is 181 Å². The van der Waals surface area contributed by atoms with E-state index in [0.717, 1.165) is 116 Å². The number of carbonyl (C=O) groups excluding carboxylic acids is 3. The van der Waals surface area contributed by atoms with Crippen molar-refractivity contribution >= 4 is 17.9 Å². The van der Waals surface area contributed by atoms with E-state index in [-0.39, 0.29) is 32.5 Å². The molecule has 0 saturated heterocycles. The predicted octanol–water partition coefficient (Wildman–Crippen LogP) is 19.4. The van der Waals surface area contributed by atoms with E-state index in [1.807, 2.05) is 36.5 Å². The second-order valence-electron chi connectivity index (χ2n) is 17.3. The van der Waals surface area contributed by atoms with Gasteiger partial charge in [-0.15, -0.1) is 0 Å². The summed E-state index contributed by atoms with van der Waals surface area (Å²) >= 11 is 0. The molecule has 0 aromatic heterocycles. The van der Waals surface area contributed by atoms with Crippen LogP contribution in [0, 0.1) is 0 Å². The molecule has 0 rings (SSSR count). The molecule has 0 aromatic carbocycles. The lowest BCUT2D eigenvalue weighted by Gasteiger charge is -2.18. The van der Waals surface area contributed by atoms with Crippen LogP contribution in [0.25, 0.3) is 0 Å². The van der Waals surface area contributed by atoms with Crippen LogP contribution < -0.4 is 0 Å². The van der Waals surface area contributed by atoms with Gasteiger partial charge >= 0.3 is 17.9 Å². The van der Waals surface area contributed by atoms with Gasteiger partial charge in [0.25, 0.3) is 0 Å². The Morgan fingerprint density at radius 3 is 0.627 bits per heavy atom. The van der Waals surface area contributed by atoms with Gasteiger partial charge < -0.3 is 14.2 Å². The summed E-state index contributed by atoms with van der Waals surface area (Å²) in [7, 11) is 0. The minimum Gasteiger partial charge on any atom is -0.462 e. The lowest BCUT2D eigenvalue weighted by Crippen LogP contribution is -2.30. The number of esters is 3. The van der Waals surface area contributed by atoms with Gasteiger partial charge in [0, 0.05) is 19.3 Å². The van der Waals surface area contributed by atoms with Gasteiger partial charge in [0.05, 0.1) is 0 Å². The summed E-state index contributed by atoms with van der Waals surface area (Å²) in [6.45, 7) is 6.06. The van der Waals surface area contributed by atoms with Crippen LogP contribution in [0.5, 0.6) is 0 Å². The molecule has 0 bridgehead atoms. The summed E-state index contributed by atoms with van der Waals surface area (Å²) in [5.41, 5.74) is 0. The fourth-order valence-electron chi connectivity index (χ4n) is 6.40. The van der Waals surface area contributed by atoms with Crippen molar-refractivity contribution in [3.8, 4) is 0 Å². The highest BCUT2D eigenvalue weighted by atomic mass is 16.6. The molecule has 1 unspecified atom stereocenters. The van der Waals surface area contributed by atoms with Crippen LogP contribution in [0.1, 0.15) is 175 Å².